The van der Waals surface area contributed by atoms with E-state index in [2.05, 4.69) is 6.07 Å². The summed E-state index contributed by atoms with van der Waals surface area (Å²) in [6.07, 6.45) is 3.81. The number of carbonyl (C=O) groups excluding carboxylic acids is 1. The van der Waals surface area contributed by atoms with Crippen molar-refractivity contribution in [1.82, 2.24) is 0 Å². The summed E-state index contributed by atoms with van der Waals surface area (Å²) >= 11 is 0. The van der Waals surface area contributed by atoms with E-state index >= 15 is 0 Å². The summed E-state index contributed by atoms with van der Waals surface area (Å²) in [5, 5.41) is 9.84. The molecule has 7 nitrogen and oxygen atoms in total. The number of hydrogen-bond acceptors (Lipinski definition) is 7. The van der Waals surface area contributed by atoms with Crippen molar-refractivity contribution >= 4 is 12.0 Å². The normalized spacial score (nSPS) is 15.8. The predicted molar refractivity (Wildman–Crippen MR) is 124 cm³/mol. The average Bonchev–Trinajstić information content (AvgIpc) is 2.82. The Kier molecular flexibility index (Phi) is 7.77. The van der Waals surface area contributed by atoms with Crippen LogP contribution < -0.4 is 15.2 Å². The van der Waals surface area contributed by atoms with E-state index in [4.69, 9.17) is 24.7 Å². The van der Waals surface area contributed by atoms with Crippen LogP contribution in [0.15, 0.2) is 77.4 Å². The van der Waals surface area contributed by atoms with Crippen LogP contribution in [-0.4, -0.2) is 26.3 Å². The average molecular weight is 447 g/mol. The minimum Gasteiger partial charge on any atom is -0.493 e. The van der Waals surface area contributed by atoms with Crippen LogP contribution in [0.25, 0.3) is 6.08 Å². The lowest BCUT2D eigenvalue weighted by Crippen LogP contribution is -2.26. The van der Waals surface area contributed by atoms with E-state index in [1.54, 1.807) is 32.0 Å². The van der Waals surface area contributed by atoms with E-state index in [0.29, 0.717) is 17.1 Å². The van der Waals surface area contributed by atoms with Gasteiger partial charge in [-0.2, -0.15) is 5.26 Å². The molecule has 2 N–H and O–H groups in total. The Morgan fingerprint density at radius 1 is 1.21 bits per heavy atom. The van der Waals surface area contributed by atoms with Crippen LogP contribution >= 0.6 is 0 Å². The highest BCUT2D eigenvalue weighted by Gasteiger charge is 2.38. The number of rotatable bonds is 8. The number of nitrogens with two attached hydrogens (primary N) is 1. The Bertz CT molecular complexity index is 1140. The molecule has 0 spiro atoms. The third kappa shape index (κ3) is 5.18. The maximum absolute atomic E-state index is 12.8. The summed E-state index contributed by atoms with van der Waals surface area (Å²) in [4.78, 5) is 12.8. The maximum Gasteiger partial charge on any atom is 0.338 e. The number of esters is 1. The van der Waals surface area contributed by atoms with Gasteiger partial charge in [-0.25, -0.2) is 4.79 Å². The minimum atomic E-state index is -0.828. The number of ether oxygens (including phenoxy) is 4. The first-order valence-corrected chi connectivity index (χ1v) is 10.5. The van der Waals surface area contributed by atoms with Gasteiger partial charge in [0.05, 0.1) is 25.2 Å². The summed E-state index contributed by atoms with van der Waals surface area (Å²) in [6, 6.07) is 17.2. The van der Waals surface area contributed by atoms with Crippen LogP contribution in [0.5, 0.6) is 11.5 Å². The lowest BCUT2D eigenvalue weighted by Gasteiger charge is -2.28. The fraction of sp³-hybridized carbons (Fsp3) is 0.231. The van der Waals surface area contributed by atoms with Crippen LogP contribution in [-0.2, 0) is 14.3 Å². The van der Waals surface area contributed by atoms with Gasteiger partial charge in [-0.1, -0.05) is 48.5 Å². The van der Waals surface area contributed by atoms with Gasteiger partial charge in [0.15, 0.2) is 11.5 Å². The SMILES string of the molecule is CCOC(=O)C1=C(C)OC(N)=C(C#N)C1c1cccc(OC)c1OCC=Cc1ccccc1. The Balaban J connectivity index is 2.03. The molecule has 1 atom stereocenters. The van der Waals surface area contributed by atoms with Gasteiger partial charge in [-0.15, -0.1) is 0 Å². The number of nitriles is 1. The molecule has 0 saturated heterocycles. The lowest BCUT2D eigenvalue weighted by molar-refractivity contribution is -0.139. The quantitative estimate of drug-likeness (QED) is 0.598. The zero-order chi connectivity index (χ0) is 23.8. The number of methoxy groups -OCH3 is 1. The molecule has 1 aliphatic heterocycles. The van der Waals surface area contributed by atoms with Gasteiger partial charge in [-0.3, -0.25) is 0 Å². The molecular formula is C26H26N2O5. The van der Waals surface area contributed by atoms with Crippen LogP contribution in [0.3, 0.4) is 0 Å². The summed E-state index contributed by atoms with van der Waals surface area (Å²) in [6.45, 7) is 3.74. The fourth-order valence-corrected chi connectivity index (χ4v) is 3.62. The molecule has 33 heavy (non-hydrogen) atoms. The first-order chi connectivity index (χ1) is 16.0. The van der Waals surface area contributed by atoms with Gasteiger partial charge in [0.1, 0.15) is 24.0 Å². The summed E-state index contributed by atoms with van der Waals surface area (Å²) in [7, 11) is 1.53. The Hall–Kier alpha value is -4.18. The number of allylic oxidation sites excluding steroid dienone is 2. The van der Waals surface area contributed by atoms with Crippen LogP contribution in [0.1, 0.15) is 30.9 Å². The smallest absolute Gasteiger partial charge is 0.338 e. The summed E-state index contributed by atoms with van der Waals surface area (Å²) < 4.78 is 22.3. The molecule has 0 aromatic heterocycles. The van der Waals surface area contributed by atoms with E-state index in [1.807, 2.05) is 42.5 Å². The van der Waals surface area contributed by atoms with Gasteiger partial charge in [0.2, 0.25) is 5.88 Å². The molecule has 3 rings (SSSR count). The minimum absolute atomic E-state index is 0.0641. The van der Waals surface area contributed by atoms with Crippen molar-refractivity contribution in [2.45, 2.75) is 19.8 Å². The molecule has 1 unspecified atom stereocenters. The van der Waals surface area contributed by atoms with Crippen molar-refractivity contribution in [3.63, 3.8) is 0 Å². The lowest BCUT2D eigenvalue weighted by atomic mass is 9.82. The van der Waals surface area contributed by atoms with Gasteiger partial charge in [-0.05, 0) is 31.6 Å². The Morgan fingerprint density at radius 3 is 2.64 bits per heavy atom. The zero-order valence-corrected chi connectivity index (χ0v) is 18.8. The molecule has 170 valence electrons. The molecular weight excluding hydrogens is 420 g/mol. The van der Waals surface area contributed by atoms with E-state index in [0.717, 1.165) is 5.56 Å². The van der Waals surface area contributed by atoms with E-state index in [1.165, 1.54) is 7.11 Å². The Labute approximate surface area is 193 Å². The van der Waals surface area contributed by atoms with E-state index < -0.39 is 11.9 Å². The van der Waals surface area contributed by atoms with E-state index in [9.17, 15) is 10.1 Å². The highest BCUT2D eigenvalue weighted by atomic mass is 16.5. The molecule has 1 aliphatic rings. The molecule has 2 aromatic carbocycles. The van der Waals surface area contributed by atoms with Gasteiger partial charge in [0.25, 0.3) is 0 Å². The number of benzene rings is 2. The van der Waals surface area contributed by atoms with Gasteiger partial charge < -0.3 is 24.7 Å². The standard InChI is InChI=1S/C26H26N2O5/c1-4-31-26(29)22-17(2)33-25(28)20(16-27)23(22)19-13-8-14-21(30-3)24(19)32-15-9-12-18-10-6-5-7-11-18/h5-14,23H,4,15,28H2,1-3H3. The Morgan fingerprint density at radius 2 is 1.97 bits per heavy atom. The van der Waals surface area contributed by atoms with Gasteiger partial charge in [0, 0.05) is 5.56 Å². The molecule has 0 aliphatic carbocycles. The molecule has 0 bridgehead atoms. The number of para-hydroxylation sites is 1. The predicted octanol–water partition coefficient (Wildman–Crippen LogP) is 4.43. The summed E-state index contributed by atoms with van der Waals surface area (Å²) in [5.74, 6) is -0.342. The first-order valence-electron chi connectivity index (χ1n) is 10.5. The molecule has 0 radical (unpaired) electrons. The highest BCUT2D eigenvalue weighted by molar-refractivity contribution is 5.93. The molecule has 0 amide bonds. The highest BCUT2D eigenvalue weighted by Crippen LogP contribution is 2.45. The first kappa shape index (κ1) is 23.5. The molecule has 0 saturated carbocycles. The fourth-order valence-electron chi connectivity index (χ4n) is 3.62. The molecule has 1 heterocycles. The van der Waals surface area contributed by atoms with E-state index in [-0.39, 0.29) is 36.0 Å². The second-order valence-corrected chi connectivity index (χ2v) is 7.12. The monoisotopic (exact) mass is 446 g/mol. The largest absolute Gasteiger partial charge is 0.493 e. The van der Waals surface area contributed by atoms with Crippen molar-refractivity contribution in [1.29, 1.82) is 5.26 Å². The van der Waals surface area contributed by atoms with Crippen molar-refractivity contribution < 1.29 is 23.7 Å². The molecule has 2 aromatic rings. The summed E-state index contributed by atoms with van der Waals surface area (Å²) in [5.41, 5.74) is 7.90. The molecule has 0 fully saturated rings. The number of nitrogens with zero attached hydrogens (tertiary/aromatic N) is 1. The van der Waals surface area contributed by atoms with Crippen molar-refractivity contribution in [3.8, 4) is 17.6 Å². The topological polar surface area (TPSA) is 104 Å². The maximum atomic E-state index is 12.8. The zero-order valence-electron chi connectivity index (χ0n) is 18.8. The van der Waals surface area contributed by atoms with Crippen LogP contribution in [0, 0.1) is 11.3 Å². The van der Waals surface area contributed by atoms with Gasteiger partial charge >= 0.3 is 5.97 Å². The second-order valence-electron chi connectivity index (χ2n) is 7.12. The van der Waals surface area contributed by atoms with Crippen LogP contribution in [0.4, 0.5) is 0 Å². The second kappa shape index (κ2) is 10.9. The number of carbonyl (C=O) groups is 1. The molecule has 7 heteroatoms. The van der Waals surface area contributed by atoms with Crippen molar-refractivity contribution in [2.24, 2.45) is 5.73 Å². The van der Waals surface area contributed by atoms with Crippen molar-refractivity contribution in [2.75, 3.05) is 20.3 Å². The number of hydrogen-bond donors (Lipinski definition) is 1. The van der Waals surface area contributed by atoms with Crippen LogP contribution in [0.2, 0.25) is 0 Å². The third-order valence-corrected chi connectivity index (χ3v) is 5.08. The third-order valence-electron chi connectivity index (χ3n) is 5.08. The van der Waals surface area contributed by atoms with Crippen molar-refractivity contribution in [3.05, 3.63) is 88.5 Å².